The normalized spacial score (nSPS) is 17.0. The summed E-state index contributed by atoms with van der Waals surface area (Å²) in [7, 11) is 0. The Morgan fingerprint density at radius 1 is 1.00 bits per heavy atom. The summed E-state index contributed by atoms with van der Waals surface area (Å²) in [6, 6.07) is 12.6. The van der Waals surface area contributed by atoms with Crippen LogP contribution < -0.4 is 10.2 Å². The van der Waals surface area contributed by atoms with E-state index in [1.807, 2.05) is 0 Å². The monoisotopic (exact) mass is 411 g/mol. The van der Waals surface area contributed by atoms with Gasteiger partial charge >= 0.3 is 6.09 Å². The molecule has 2 fully saturated rings. The van der Waals surface area contributed by atoms with E-state index in [4.69, 9.17) is 4.74 Å². The zero-order chi connectivity index (χ0) is 21.1. The summed E-state index contributed by atoms with van der Waals surface area (Å²) in [4.78, 5) is 40.4. The number of hydrogen-bond acceptors (Lipinski definition) is 4. The number of para-hydroxylation sites is 2. The zero-order valence-electron chi connectivity index (χ0n) is 16.3. The van der Waals surface area contributed by atoms with E-state index in [9.17, 15) is 18.8 Å². The van der Waals surface area contributed by atoms with E-state index in [1.54, 1.807) is 29.2 Å². The molecule has 4 rings (SSSR count). The van der Waals surface area contributed by atoms with Gasteiger partial charge in [0.15, 0.2) is 0 Å². The van der Waals surface area contributed by atoms with Gasteiger partial charge in [-0.05, 0) is 49.2 Å². The Morgan fingerprint density at radius 2 is 1.70 bits per heavy atom. The van der Waals surface area contributed by atoms with E-state index in [-0.39, 0.29) is 23.5 Å². The minimum Gasteiger partial charge on any atom is -0.447 e. The van der Waals surface area contributed by atoms with Gasteiger partial charge in [-0.15, -0.1) is 0 Å². The van der Waals surface area contributed by atoms with Crippen LogP contribution >= 0.6 is 0 Å². The van der Waals surface area contributed by atoms with E-state index in [0.717, 1.165) is 0 Å². The third kappa shape index (κ3) is 4.12. The largest absolute Gasteiger partial charge is 0.447 e. The number of rotatable bonds is 4. The molecule has 0 unspecified atom stereocenters. The van der Waals surface area contributed by atoms with Gasteiger partial charge in [-0.25, -0.2) is 9.18 Å². The fraction of sp³-hybridized carbons (Fsp3) is 0.318. The van der Waals surface area contributed by atoms with Crippen molar-refractivity contribution >= 4 is 29.3 Å². The minimum atomic E-state index is -0.427. The third-order valence-electron chi connectivity index (χ3n) is 5.46. The Labute approximate surface area is 173 Å². The number of carbonyl (C=O) groups excluding carboxylic acids is 3. The van der Waals surface area contributed by atoms with Gasteiger partial charge in [0.05, 0.1) is 17.9 Å². The molecule has 2 saturated heterocycles. The lowest BCUT2D eigenvalue weighted by molar-refractivity contribution is -0.121. The van der Waals surface area contributed by atoms with Crippen molar-refractivity contribution in [2.45, 2.75) is 12.8 Å². The lowest BCUT2D eigenvalue weighted by Gasteiger charge is -2.31. The van der Waals surface area contributed by atoms with E-state index in [1.165, 1.54) is 29.2 Å². The minimum absolute atomic E-state index is 0.135. The highest BCUT2D eigenvalue weighted by atomic mass is 19.1. The lowest BCUT2D eigenvalue weighted by Crippen LogP contribution is -2.41. The van der Waals surface area contributed by atoms with Gasteiger partial charge in [-0.2, -0.15) is 0 Å². The molecule has 0 spiro atoms. The average Bonchev–Trinajstić information content (AvgIpc) is 3.20. The van der Waals surface area contributed by atoms with Crippen LogP contribution in [0.2, 0.25) is 0 Å². The number of benzene rings is 2. The van der Waals surface area contributed by atoms with Gasteiger partial charge < -0.3 is 15.0 Å². The predicted molar refractivity (Wildman–Crippen MR) is 109 cm³/mol. The smallest absolute Gasteiger partial charge is 0.414 e. The maximum Gasteiger partial charge on any atom is 0.414 e. The topological polar surface area (TPSA) is 79.0 Å². The number of cyclic esters (lactones) is 1. The molecule has 0 bridgehead atoms. The first kappa shape index (κ1) is 19.9. The number of ether oxygens (including phenoxy) is 1. The van der Waals surface area contributed by atoms with Gasteiger partial charge in [0, 0.05) is 24.6 Å². The number of hydrogen-bond donors (Lipinski definition) is 1. The van der Waals surface area contributed by atoms with Crippen molar-refractivity contribution in [1.82, 2.24) is 4.90 Å². The first-order chi connectivity index (χ1) is 14.5. The molecule has 7 nitrogen and oxygen atoms in total. The highest BCUT2D eigenvalue weighted by Crippen LogP contribution is 2.29. The van der Waals surface area contributed by atoms with Gasteiger partial charge in [0.2, 0.25) is 5.91 Å². The van der Waals surface area contributed by atoms with Crippen molar-refractivity contribution in [3.8, 4) is 0 Å². The molecule has 0 aromatic heterocycles. The van der Waals surface area contributed by atoms with E-state index < -0.39 is 6.09 Å². The molecule has 8 heteroatoms. The Balaban J connectivity index is 1.37. The molecule has 0 radical (unpaired) electrons. The van der Waals surface area contributed by atoms with Crippen LogP contribution in [0.1, 0.15) is 23.2 Å². The van der Waals surface area contributed by atoms with E-state index in [2.05, 4.69) is 5.32 Å². The van der Waals surface area contributed by atoms with Crippen LogP contribution in [0.15, 0.2) is 48.5 Å². The molecule has 30 heavy (non-hydrogen) atoms. The van der Waals surface area contributed by atoms with Crippen LogP contribution in [0.5, 0.6) is 0 Å². The second kappa shape index (κ2) is 8.52. The van der Waals surface area contributed by atoms with Crippen molar-refractivity contribution in [2.75, 3.05) is 36.5 Å². The summed E-state index contributed by atoms with van der Waals surface area (Å²) in [5.41, 5.74) is 1.61. The van der Waals surface area contributed by atoms with Crippen LogP contribution in [-0.4, -0.2) is 49.0 Å². The van der Waals surface area contributed by atoms with Crippen molar-refractivity contribution in [3.05, 3.63) is 59.9 Å². The molecule has 2 aromatic carbocycles. The van der Waals surface area contributed by atoms with Crippen molar-refractivity contribution in [3.63, 3.8) is 0 Å². The summed E-state index contributed by atoms with van der Waals surface area (Å²) >= 11 is 0. The van der Waals surface area contributed by atoms with Crippen LogP contribution in [0.4, 0.5) is 20.6 Å². The number of piperidine rings is 1. The Bertz CT molecular complexity index is 955. The first-order valence-electron chi connectivity index (χ1n) is 9.92. The molecular formula is C22H22FN3O4. The second-order valence-electron chi connectivity index (χ2n) is 7.35. The van der Waals surface area contributed by atoms with Crippen molar-refractivity contribution in [2.24, 2.45) is 5.92 Å². The van der Waals surface area contributed by atoms with Gasteiger partial charge in [-0.1, -0.05) is 12.1 Å². The summed E-state index contributed by atoms with van der Waals surface area (Å²) in [6.07, 6.45) is 0.642. The molecule has 2 aliphatic heterocycles. The standard InChI is InChI=1S/C22H22FN3O4/c23-17-7-5-16(6-8-17)21(28)25-11-9-15(10-12-25)20(27)24-18-3-1-2-4-19(18)26-13-14-30-22(26)29/h1-8,15H,9-14H2,(H,24,27). The van der Waals surface area contributed by atoms with Crippen LogP contribution in [0, 0.1) is 11.7 Å². The summed E-state index contributed by atoms with van der Waals surface area (Å²) in [6.45, 7) is 1.67. The summed E-state index contributed by atoms with van der Waals surface area (Å²) in [5, 5.41) is 2.93. The molecule has 2 aromatic rings. The van der Waals surface area contributed by atoms with Gasteiger partial charge in [0.25, 0.3) is 5.91 Å². The van der Waals surface area contributed by atoms with E-state index >= 15 is 0 Å². The molecule has 1 N–H and O–H groups in total. The van der Waals surface area contributed by atoms with Crippen molar-refractivity contribution < 1.29 is 23.5 Å². The first-order valence-corrected chi connectivity index (χ1v) is 9.92. The fourth-order valence-electron chi connectivity index (χ4n) is 3.78. The SMILES string of the molecule is O=C(Nc1ccccc1N1CCOC1=O)C1CCN(C(=O)c2ccc(F)cc2)CC1. The molecule has 2 heterocycles. The number of anilines is 2. The zero-order valence-corrected chi connectivity index (χ0v) is 16.3. The highest BCUT2D eigenvalue weighted by molar-refractivity contribution is 6.00. The van der Waals surface area contributed by atoms with Crippen LogP contribution in [0.25, 0.3) is 0 Å². The van der Waals surface area contributed by atoms with Crippen LogP contribution in [0.3, 0.4) is 0 Å². The van der Waals surface area contributed by atoms with E-state index in [0.29, 0.717) is 56.0 Å². The quantitative estimate of drug-likeness (QED) is 0.838. The highest BCUT2D eigenvalue weighted by Gasteiger charge is 2.30. The number of carbonyl (C=O) groups is 3. The lowest BCUT2D eigenvalue weighted by atomic mass is 9.95. The predicted octanol–water partition coefficient (Wildman–Crippen LogP) is 3.27. The van der Waals surface area contributed by atoms with Gasteiger partial charge in [-0.3, -0.25) is 14.5 Å². The van der Waals surface area contributed by atoms with Crippen molar-refractivity contribution in [1.29, 1.82) is 0 Å². The number of nitrogens with zero attached hydrogens (tertiary/aromatic N) is 2. The molecule has 2 aliphatic rings. The maximum atomic E-state index is 13.1. The average molecular weight is 411 g/mol. The molecule has 0 atom stereocenters. The Kier molecular flexibility index (Phi) is 5.65. The molecule has 0 saturated carbocycles. The van der Waals surface area contributed by atoms with Gasteiger partial charge in [0.1, 0.15) is 12.4 Å². The number of likely N-dealkylation sites (tertiary alicyclic amines) is 1. The number of halogens is 1. The summed E-state index contributed by atoms with van der Waals surface area (Å²) in [5.74, 6) is -0.916. The molecule has 156 valence electrons. The maximum absolute atomic E-state index is 13.1. The second-order valence-corrected chi connectivity index (χ2v) is 7.35. The molecule has 3 amide bonds. The summed E-state index contributed by atoms with van der Waals surface area (Å²) < 4.78 is 18.1. The Morgan fingerprint density at radius 3 is 2.37 bits per heavy atom. The van der Waals surface area contributed by atoms with Crippen LogP contribution in [-0.2, 0) is 9.53 Å². The molecule has 0 aliphatic carbocycles. The number of nitrogens with one attached hydrogen (secondary N) is 1. The third-order valence-corrected chi connectivity index (χ3v) is 5.46. The Hall–Kier alpha value is -3.42. The molecular weight excluding hydrogens is 389 g/mol. The fourth-order valence-corrected chi connectivity index (χ4v) is 3.78. The number of amides is 3.